The van der Waals surface area contributed by atoms with Crippen LogP contribution >= 0.6 is 22.9 Å². The molecule has 0 fully saturated rings. The fourth-order valence-corrected chi connectivity index (χ4v) is 3.71. The Morgan fingerprint density at radius 2 is 2.25 bits per heavy atom. The summed E-state index contributed by atoms with van der Waals surface area (Å²) in [6, 6.07) is 0. The maximum atomic E-state index is 5.85. The van der Waals surface area contributed by atoms with Crippen molar-refractivity contribution in [3.8, 4) is 0 Å². The number of alkyl halides is 1. The van der Waals surface area contributed by atoms with E-state index in [2.05, 4.69) is 25.8 Å². The fraction of sp³-hybridized carbons (Fsp3) is 0.769. The molecule has 1 heterocycles. The molecule has 2 rings (SSSR count). The van der Waals surface area contributed by atoms with E-state index >= 15 is 0 Å². The third kappa shape index (κ3) is 2.28. The van der Waals surface area contributed by atoms with Gasteiger partial charge in [-0.05, 0) is 30.6 Å². The second kappa shape index (κ2) is 4.66. The molecule has 0 aromatic carbocycles. The fourth-order valence-electron chi connectivity index (χ4n) is 2.44. The van der Waals surface area contributed by atoms with Crippen LogP contribution in [0.15, 0.2) is 0 Å². The molecule has 0 N–H and O–H groups in total. The third-order valence-electron chi connectivity index (χ3n) is 4.11. The zero-order chi connectivity index (χ0) is 11.8. The van der Waals surface area contributed by atoms with Crippen molar-refractivity contribution >= 4 is 22.9 Å². The number of aromatic nitrogens is 1. The van der Waals surface area contributed by atoms with Crippen LogP contribution in [0.3, 0.4) is 0 Å². The van der Waals surface area contributed by atoms with E-state index in [0.29, 0.717) is 11.3 Å². The van der Waals surface area contributed by atoms with Crippen LogP contribution in [0.2, 0.25) is 0 Å². The van der Waals surface area contributed by atoms with Crippen LogP contribution in [0.4, 0.5) is 0 Å². The summed E-state index contributed by atoms with van der Waals surface area (Å²) < 4.78 is 0. The second-order valence-corrected chi connectivity index (χ2v) is 6.83. The van der Waals surface area contributed by atoms with Gasteiger partial charge in [-0.1, -0.05) is 27.2 Å². The molecule has 0 aliphatic heterocycles. The van der Waals surface area contributed by atoms with Gasteiger partial charge in [0.1, 0.15) is 5.01 Å². The lowest BCUT2D eigenvalue weighted by Gasteiger charge is -2.35. The van der Waals surface area contributed by atoms with E-state index in [9.17, 15) is 0 Å². The highest BCUT2D eigenvalue weighted by Crippen LogP contribution is 2.41. The molecule has 0 amide bonds. The largest absolute Gasteiger partial charge is 0.245 e. The van der Waals surface area contributed by atoms with E-state index in [0.717, 1.165) is 17.3 Å². The van der Waals surface area contributed by atoms with Gasteiger partial charge in [0.15, 0.2) is 0 Å². The van der Waals surface area contributed by atoms with E-state index in [1.165, 1.54) is 29.8 Å². The molecule has 0 saturated heterocycles. The van der Waals surface area contributed by atoms with Crippen LogP contribution in [0.25, 0.3) is 0 Å². The van der Waals surface area contributed by atoms with Crippen LogP contribution in [-0.4, -0.2) is 4.98 Å². The van der Waals surface area contributed by atoms with Crippen LogP contribution in [0.1, 0.15) is 49.2 Å². The third-order valence-corrected chi connectivity index (χ3v) is 5.65. The average molecular weight is 258 g/mol. The van der Waals surface area contributed by atoms with Crippen molar-refractivity contribution in [2.24, 2.45) is 11.3 Å². The monoisotopic (exact) mass is 257 g/mol. The van der Waals surface area contributed by atoms with Crippen molar-refractivity contribution in [2.45, 2.75) is 52.3 Å². The molecule has 3 heteroatoms. The van der Waals surface area contributed by atoms with Crippen molar-refractivity contribution in [2.75, 3.05) is 0 Å². The predicted octanol–water partition coefficient (Wildman–Crippen LogP) is 4.42. The SMILES string of the molecule is CCC(C)(C)C1CCc2nc(CCl)sc2C1. The highest BCUT2D eigenvalue weighted by atomic mass is 35.5. The lowest BCUT2D eigenvalue weighted by atomic mass is 9.70. The molecule has 0 spiro atoms. The number of nitrogens with zero attached hydrogens (tertiary/aromatic N) is 1. The number of rotatable bonds is 3. The molecule has 16 heavy (non-hydrogen) atoms. The van der Waals surface area contributed by atoms with Crippen molar-refractivity contribution in [1.82, 2.24) is 4.98 Å². The molecule has 0 saturated carbocycles. The van der Waals surface area contributed by atoms with Crippen molar-refractivity contribution in [1.29, 1.82) is 0 Å². The normalized spacial score (nSPS) is 20.9. The van der Waals surface area contributed by atoms with Crippen LogP contribution in [-0.2, 0) is 18.7 Å². The molecule has 90 valence electrons. The van der Waals surface area contributed by atoms with Crippen LogP contribution in [0, 0.1) is 11.3 Å². The van der Waals surface area contributed by atoms with Gasteiger partial charge in [0.2, 0.25) is 0 Å². The lowest BCUT2D eigenvalue weighted by Crippen LogP contribution is -2.28. The summed E-state index contributed by atoms with van der Waals surface area (Å²) in [7, 11) is 0. The molecule has 0 radical (unpaired) electrons. The van der Waals surface area contributed by atoms with Gasteiger partial charge in [-0.2, -0.15) is 0 Å². The highest BCUT2D eigenvalue weighted by Gasteiger charge is 2.32. The molecule has 1 aliphatic rings. The second-order valence-electron chi connectivity index (χ2n) is 5.39. The molecule has 1 nitrogen and oxygen atoms in total. The van der Waals surface area contributed by atoms with Crippen molar-refractivity contribution < 1.29 is 0 Å². The zero-order valence-electron chi connectivity index (χ0n) is 10.3. The molecule has 0 bridgehead atoms. The summed E-state index contributed by atoms with van der Waals surface area (Å²) in [5.41, 5.74) is 1.78. The number of aryl methyl sites for hydroxylation is 1. The number of hydrogen-bond acceptors (Lipinski definition) is 2. The Hall–Kier alpha value is -0.0800. The Labute approximate surface area is 107 Å². The van der Waals surface area contributed by atoms with Gasteiger partial charge in [0.25, 0.3) is 0 Å². The van der Waals surface area contributed by atoms with Gasteiger partial charge < -0.3 is 0 Å². The molecule has 1 aromatic heterocycles. The lowest BCUT2D eigenvalue weighted by molar-refractivity contribution is 0.183. The molecule has 1 unspecified atom stereocenters. The highest BCUT2D eigenvalue weighted by molar-refractivity contribution is 7.12. The molecular formula is C13H20ClNS. The van der Waals surface area contributed by atoms with Gasteiger partial charge in [-0.3, -0.25) is 0 Å². The standard InChI is InChI=1S/C13H20ClNS/c1-4-13(2,3)9-5-6-10-11(7-9)16-12(8-14)15-10/h9H,4-8H2,1-3H3. The minimum absolute atomic E-state index is 0.461. The average Bonchev–Trinajstić information content (AvgIpc) is 2.70. The first-order chi connectivity index (χ1) is 7.56. The first-order valence-electron chi connectivity index (χ1n) is 6.10. The van der Waals surface area contributed by atoms with Crippen molar-refractivity contribution in [3.63, 3.8) is 0 Å². The minimum atomic E-state index is 0.461. The Morgan fingerprint density at radius 1 is 1.50 bits per heavy atom. The Morgan fingerprint density at radius 3 is 2.88 bits per heavy atom. The number of hydrogen-bond donors (Lipinski definition) is 0. The minimum Gasteiger partial charge on any atom is -0.245 e. The maximum absolute atomic E-state index is 5.85. The molecular weight excluding hydrogens is 238 g/mol. The Kier molecular flexibility index (Phi) is 3.60. The number of halogens is 1. The summed E-state index contributed by atoms with van der Waals surface area (Å²) in [6.07, 6.45) is 4.91. The van der Waals surface area contributed by atoms with Gasteiger partial charge in [0.05, 0.1) is 11.6 Å². The van der Waals surface area contributed by atoms with Gasteiger partial charge in [-0.15, -0.1) is 22.9 Å². The number of thiazole rings is 1. The summed E-state index contributed by atoms with van der Waals surface area (Å²) >= 11 is 7.67. The zero-order valence-corrected chi connectivity index (χ0v) is 11.9. The number of fused-ring (bicyclic) bond motifs is 1. The van der Waals surface area contributed by atoms with Crippen LogP contribution in [0.5, 0.6) is 0 Å². The van der Waals surface area contributed by atoms with Gasteiger partial charge >= 0.3 is 0 Å². The summed E-state index contributed by atoms with van der Waals surface area (Å²) in [5.74, 6) is 1.38. The van der Waals surface area contributed by atoms with Gasteiger partial charge in [0, 0.05) is 4.88 Å². The van der Waals surface area contributed by atoms with E-state index in [1.54, 1.807) is 0 Å². The van der Waals surface area contributed by atoms with Gasteiger partial charge in [-0.25, -0.2) is 4.98 Å². The van der Waals surface area contributed by atoms with E-state index < -0.39 is 0 Å². The van der Waals surface area contributed by atoms with E-state index in [1.807, 2.05) is 11.3 Å². The summed E-state index contributed by atoms with van der Waals surface area (Å²) in [6.45, 7) is 7.09. The van der Waals surface area contributed by atoms with E-state index in [-0.39, 0.29) is 0 Å². The Bertz CT molecular complexity index is 370. The first-order valence-corrected chi connectivity index (χ1v) is 7.45. The molecule has 1 aromatic rings. The topological polar surface area (TPSA) is 12.9 Å². The summed E-state index contributed by atoms with van der Waals surface area (Å²) in [5, 5.41) is 1.10. The molecule has 1 atom stereocenters. The smallest absolute Gasteiger partial charge is 0.108 e. The maximum Gasteiger partial charge on any atom is 0.108 e. The van der Waals surface area contributed by atoms with Crippen molar-refractivity contribution in [3.05, 3.63) is 15.6 Å². The van der Waals surface area contributed by atoms with E-state index in [4.69, 9.17) is 11.6 Å². The quantitative estimate of drug-likeness (QED) is 0.731. The molecule has 1 aliphatic carbocycles. The first kappa shape index (κ1) is 12.4. The Balaban J connectivity index is 2.17. The summed E-state index contributed by atoms with van der Waals surface area (Å²) in [4.78, 5) is 6.09. The van der Waals surface area contributed by atoms with Crippen LogP contribution < -0.4 is 0 Å². The predicted molar refractivity (Wildman–Crippen MR) is 71.3 cm³/mol.